The van der Waals surface area contributed by atoms with Crippen LogP contribution in [0.4, 0.5) is 0 Å². The summed E-state index contributed by atoms with van der Waals surface area (Å²) in [7, 11) is 0. The number of ether oxygens (including phenoxy) is 2. The largest absolute Gasteiger partial charge is 0.488 e. The van der Waals surface area contributed by atoms with Crippen molar-refractivity contribution in [2.45, 2.75) is 25.5 Å². The smallest absolute Gasteiger partial charge is 0.123 e. The van der Waals surface area contributed by atoms with Gasteiger partial charge in [-0.05, 0) is 18.2 Å². The molecule has 1 aromatic rings. The summed E-state index contributed by atoms with van der Waals surface area (Å²) in [4.78, 5) is 2.52. The zero-order chi connectivity index (χ0) is 13.8. The Morgan fingerprint density at radius 2 is 2.25 bits per heavy atom. The molecule has 1 fully saturated rings. The van der Waals surface area contributed by atoms with Crippen LogP contribution in [0.25, 0.3) is 0 Å². The molecule has 0 radical (unpaired) electrons. The highest BCUT2D eigenvalue weighted by Gasteiger charge is 2.29. The predicted octanol–water partition coefficient (Wildman–Crippen LogP) is 1.30. The van der Waals surface area contributed by atoms with Gasteiger partial charge in [0, 0.05) is 32.1 Å². The minimum absolute atomic E-state index is 0.287. The highest BCUT2D eigenvalue weighted by molar-refractivity contribution is 5.37. The Bertz CT molecular complexity index is 413. The average Bonchev–Trinajstić information content (AvgIpc) is 2.88. The number of rotatable bonds is 5. The topological polar surface area (TPSA) is 33.7 Å². The third-order valence-corrected chi connectivity index (χ3v) is 4.13. The van der Waals surface area contributed by atoms with Crippen molar-refractivity contribution in [1.29, 1.82) is 0 Å². The first kappa shape index (κ1) is 13.9. The number of hydrogen-bond acceptors (Lipinski definition) is 4. The highest BCUT2D eigenvalue weighted by atomic mass is 16.5. The highest BCUT2D eigenvalue weighted by Crippen LogP contribution is 2.28. The molecule has 0 amide bonds. The van der Waals surface area contributed by atoms with Gasteiger partial charge in [-0.3, -0.25) is 4.90 Å². The van der Waals surface area contributed by atoms with E-state index in [4.69, 9.17) is 9.47 Å². The first-order valence-corrected chi connectivity index (χ1v) is 7.64. The number of para-hydroxylation sites is 1. The van der Waals surface area contributed by atoms with Crippen LogP contribution in [0.2, 0.25) is 0 Å². The van der Waals surface area contributed by atoms with Crippen LogP contribution < -0.4 is 10.1 Å². The van der Waals surface area contributed by atoms with E-state index >= 15 is 0 Å². The second kappa shape index (κ2) is 6.57. The molecule has 0 spiro atoms. The van der Waals surface area contributed by atoms with Gasteiger partial charge in [-0.15, -0.1) is 0 Å². The van der Waals surface area contributed by atoms with E-state index in [0.717, 1.165) is 51.6 Å². The normalized spacial score (nSPS) is 26.2. The molecule has 2 atom stereocenters. The maximum atomic E-state index is 6.06. The van der Waals surface area contributed by atoms with Crippen LogP contribution in [0.1, 0.15) is 12.5 Å². The van der Waals surface area contributed by atoms with E-state index in [1.165, 1.54) is 5.56 Å². The summed E-state index contributed by atoms with van der Waals surface area (Å²) in [5.74, 6) is 1.06. The molecule has 110 valence electrons. The van der Waals surface area contributed by atoms with Crippen LogP contribution >= 0.6 is 0 Å². The lowest BCUT2D eigenvalue weighted by Crippen LogP contribution is -2.53. The van der Waals surface area contributed by atoms with Crippen LogP contribution in [0.5, 0.6) is 5.75 Å². The molecule has 4 heteroatoms. The van der Waals surface area contributed by atoms with Crippen molar-refractivity contribution in [3.05, 3.63) is 29.8 Å². The fourth-order valence-electron chi connectivity index (χ4n) is 3.05. The molecule has 0 aromatic heterocycles. The number of fused-ring (bicyclic) bond motifs is 1. The van der Waals surface area contributed by atoms with Crippen LogP contribution in [0.15, 0.2) is 24.3 Å². The fraction of sp³-hybridized carbons (Fsp3) is 0.625. The molecule has 1 aromatic carbocycles. The number of morpholine rings is 1. The van der Waals surface area contributed by atoms with Gasteiger partial charge in [0.1, 0.15) is 11.9 Å². The summed E-state index contributed by atoms with van der Waals surface area (Å²) in [5, 5.41) is 3.43. The van der Waals surface area contributed by atoms with Gasteiger partial charge in [0.15, 0.2) is 0 Å². The number of hydrogen-bond donors (Lipinski definition) is 1. The molecule has 2 heterocycles. The molecule has 0 bridgehead atoms. The minimum atomic E-state index is 0.287. The van der Waals surface area contributed by atoms with Crippen LogP contribution in [0.3, 0.4) is 0 Å². The van der Waals surface area contributed by atoms with Gasteiger partial charge in [-0.25, -0.2) is 0 Å². The standard InChI is InChI=1S/C16H24N2O2/c1-2-17-10-14-12-19-8-7-18(14)11-15-9-13-5-3-4-6-16(13)20-15/h3-6,14-15,17H,2,7-12H2,1H3. The molecule has 2 unspecified atom stereocenters. The Hall–Kier alpha value is -1.10. The van der Waals surface area contributed by atoms with Crippen molar-refractivity contribution < 1.29 is 9.47 Å². The average molecular weight is 276 g/mol. The first-order valence-electron chi connectivity index (χ1n) is 7.64. The molecular weight excluding hydrogens is 252 g/mol. The van der Waals surface area contributed by atoms with Crippen molar-refractivity contribution in [2.24, 2.45) is 0 Å². The first-order chi connectivity index (χ1) is 9.86. The Morgan fingerprint density at radius 3 is 3.10 bits per heavy atom. The summed E-state index contributed by atoms with van der Waals surface area (Å²) in [6.45, 7) is 7.81. The Balaban J connectivity index is 1.57. The predicted molar refractivity (Wildman–Crippen MR) is 79.3 cm³/mol. The maximum absolute atomic E-state index is 6.06. The molecule has 2 aliphatic heterocycles. The monoisotopic (exact) mass is 276 g/mol. The summed E-state index contributed by atoms with van der Waals surface area (Å²) in [5.41, 5.74) is 1.34. The second-order valence-electron chi connectivity index (χ2n) is 5.58. The Kier molecular flexibility index (Phi) is 4.55. The summed E-state index contributed by atoms with van der Waals surface area (Å²) < 4.78 is 11.7. The van der Waals surface area contributed by atoms with Gasteiger partial charge < -0.3 is 14.8 Å². The summed E-state index contributed by atoms with van der Waals surface area (Å²) in [6.07, 6.45) is 1.32. The lowest BCUT2D eigenvalue weighted by atomic mass is 10.1. The van der Waals surface area contributed by atoms with Gasteiger partial charge in [-0.1, -0.05) is 25.1 Å². The van der Waals surface area contributed by atoms with E-state index in [9.17, 15) is 0 Å². The fourth-order valence-corrected chi connectivity index (χ4v) is 3.05. The molecule has 0 saturated carbocycles. The SMILES string of the molecule is CCNCC1COCCN1CC1Cc2ccccc2O1. The number of nitrogens with one attached hydrogen (secondary N) is 1. The number of likely N-dealkylation sites (N-methyl/N-ethyl adjacent to an activating group) is 1. The molecule has 1 N–H and O–H groups in total. The molecule has 0 aliphatic carbocycles. The van der Waals surface area contributed by atoms with E-state index in [1.807, 2.05) is 6.07 Å². The summed E-state index contributed by atoms with van der Waals surface area (Å²) >= 11 is 0. The second-order valence-corrected chi connectivity index (χ2v) is 5.58. The van der Waals surface area contributed by atoms with E-state index in [2.05, 4.69) is 35.3 Å². The van der Waals surface area contributed by atoms with Crippen molar-refractivity contribution in [3.63, 3.8) is 0 Å². The minimum Gasteiger partial charge on any atom is -0.488 e. The molecule has 1 saturated heterocycles. The van der Waals surface area contributed by atoms with Crippen molar-refractivity contribution in [3.8, 4) is 5.75 Å². The number of benzene rings is 1. The van der Waals surface area contributed by atoms with Crippen molar-refractivity contribution >= 4 is 0 Å². The van der Waals surface area contributed by atoms with E-state index in [-0.39, 0.29) is 6.10 Å². The lowest BCUT2D eigenvalue weighted by molar-refractivity contribution is -0.0197. The molecule has 2 aliphatic rings. The van der Waals surface area contributed by atoms with Gasteiger partial charge >= 0.3 is 0 Å². The van der Waals surface area contributed by atoms with Crippen LogP contribution in [-0.2, 0) is 11.2 Å². The van der Waals surface area contributed by atoms with E-state index in [1.54, 1.807) is 0 Å². The molecule has 20 heavy (non-hydrogen) atoms. The van der Waals surface area contributed by atoms with Crippen LogP contribution in [0, 0.1) is 0 Å². The Labute approximate surface area is 121 Å². The Morgan fingerprint density at radius 1 is 1.35 bits per heavy atom. The third kappa shape index (κ3) is 3.14. The molecule has 4 nitrogen and oxygen atoms in total. The lowest BCUT2D eigenvalue weighted by Gasteiger charge is -2.36. The van der Waals surface area contributed by atoms with Gasteiger partial charge in [-0.2, -0.15) is 0 Å². The third-order valence-electron chi connectivity index (χ3n) is 4.13. The van der Waals surface area contributed by atoms with Gasteiger partial charge in [0.25, 0.3) is 0 Å². The molecule has 3 rings (SSSR count). The van der Waals surface area contributed by atoms with Crippen molar-refractivity contribution in [1.82, 2.24) is 10.2 Å². The zero-order valence-corrected chi connectivity index (χ0v) is 12.2. The molecular formula is C16H24N2O2. The number of nitrogens with zero attached hydrogens (tertiary/aromatic N) is 1. The van der Waals surface area contributed by atoms with Gasteiger partial charge in [0.2, 0.25) is 0 Å². The quantitative estimate of drug-likeness (QED) is 0.879. The van der Waals surface area contributed by atoms with E-state index < -0.39 is 0 Å². The van der Waals surface area contributed by atoms with Crippen LogP contribution in [-0.4, -0.2) is 56.4 Å². The summed E-state index contributed by atoms with van der Waals surface area (Å²) in [6, 6.07) is 8.85. The zero-order valence-electron chi connectivity index (χ0n) is 12.2. The van der Waals surface area contributed by atoms with Crippen molar-refractivity contribution in [2.75, 3.05) is 39.4 Å². The maximum Gasteiger partial charge on any atom is 0.123 e. The van der Waals surface area contributed by atoms with E-state index in [0.29, 0.717) is 6.04 Å². The van der Waals surface area contributed by atoms with Gasteiger partial charge in [0.05, 0.1) is 13.2 Å².